The molecule has 0 aliphatic carbocycles. The van der Waals surface area contributed by atoms with Crippen LogP contribution < -0.4 is 15.4 Å². The predicted molar refractivity (Wildman–Crippen MR) is 145 cm³/mol. The number of aliphatic hydroxyl groups excluding tert-OH is 2. The molecule has 0 bridgehead atoms. The highest BCUT2D eigenvalue weighted by Gasteiger charge is 2.31. The highest BCUT2D eigenvalue weighted by Crippen LogP contribution is 2.30. The van der Waals surface area contributed by atoms with Crippen LogP contribution in [-0.4, -0.2) is 74.9 Å². The molecule has 0 aromatic carbocycles. The highest BCUT2D eigenvalue weighted by molar-refractivity contribution is 8.00. The molecular weight excluding hydrogens is 506 g/mol. The Kier molecular flexibility index (Phi) is 8.50. The number of aromatic nitrogens is 3. The van der Waals surface area contributed by atoms with Gasteiger partial charge in [0.1, 0.15) is 5.82 Å². The molecule has 3 aromatic rings. The van der Waals surface area contributed by atoms with Crippen molar-refractivity contribution in [2.75, 3.05) is 24.8 Å². The zero-order valence-corrected chi connectivity index (χ0v) is 21.9. The minimum absolute atomic E-state index is 0.0321. The van der Waals surface area contributed by atoms with Crippen molar-refractivity contribution >= 4 is 40.6 Å². The van der Waals surface area contributed by atoms with E-state index in [1.165, 1.54) is 11.8 Å². The number of anilines is 1. The third kappa shape index (κ3) is 6.30. The van der Waals surface area contributed by atoms with Crippen molar-refractivity contribution in [3.05, 3.63) is 53.9 Å². The number of fused-ring (bicyclic) bond motifs is 2. The van der Waals surface area contributed by atoms with Crippen LogP contribution in [0.1, 0.15) is 30.5 Å². The average molecular weight is 538 g/mol. The third-order valence-electron chi connectivity index (χ3n) is 6.64. The smallest absolute Gasteiger partial charge is 0.235 e. The van der Waals surface area contributed by atoms with E-state index in [1.807, 2.05) is 36.4 Å². The van der Waals surface area contributed by atoms with Crippen LogP contribution in [0.15, 0.2) is 47.5 Å². The Labute approximate surface area is 224 Å². The van der Waals surface area contributed by atoms with Crippen LogP contribution in [-0.2, 0) is 16.1 Å². The molecule has 3 aromatic heterocycles. The monoisotopic (exact) mass is 537 g/mol. The van der Waals surface area contributed by atoms with Gasteiger partial charge in [0.25, 0.3) is 0 Å². The second kappa shape index (κ2) is 12.2. The summed E-state index contributed by atoms with van der Waals surface area (Å²) in [4.78, 5) is 26.2. The van der Waals surface area contributed by atoms with Gasteiger partial charge in [-0.25, -0.2) is 9.97 Å². The number of hydrogen-bond acceptors (Lipinski definition) is 10. The Hall–Kier alpha value is -3.09. The number of thioether (sulfide) groups is 1. The number of hydrogen-bond donors (Lipinski definition) is 4. The van der Waals surface area contributed by atoms with Crippen molar-refractivity contribution in [1.29, 1.82) is 0 Å². The van der Waals surface area contributed by atoms with Crippen LogP contribution in [0.5, 0.6) is 5.88 Å². The molecule has 38 heavy (non-hydrogen) atoms. The summed E-state index contributed by atoms with van der Waals surface area (Å²) in [5, 5.41) is 26.0. The van der Waals surface area contributed by atoms with E-state index < -0.39 is 6.10 Å². The quantitative estimate of drug-likeness (QED) is 0.322. The average Bonchev–Trinajstić information content (AvgIpc) is 2.94. The Bertz CT molecular complexity index is 1320. The number of nitrogens with one attached hydrogen (secondary N) is 2. The standard InChI is InChI=1S/C27H31N5O5S/c1-36-25-9-7-21-26(32-25)16(10-11-28-21)2-4-19-5-6-20(22(37-19)12-18(34)14-33)29-13-17-3-8-23-27(30-17)31-24(35)15-38-23/h2-4,7-11,18-20,22,29,33-34H,5-6,12-15H2,1H3,(H,30,31,35)/t18?,19-,20-,22-/m1/s1. The molecule has 1 unspecified atom stereocenters. The first-order valence-corrected chi connectivity index (χ1v) is 13.6. The van der Waals surface area contributed by atoms with Crippen molar-refractivity contribution in [3.63, 3.8) is 0 Å². The van der Waals surface area contributed by atoms with Gasteiger partial charge < -0.3 is 30.3 Å². The van der Waals surface area contributed by atoms with Crippen molar-refractivity contribution in [2.45, 2.75) is 55.1 Å². The van der Waals surface area contributed by atoms with Gasteiger partial charge in [-0.3, -0.25) is 9.78 Å². The number of methoxy groups -OCH3 is 1. The molecule has 0 spiro atoms. The van der Waals surface area contributed by atoms with E-state index in [0.717, 1.165) is 40.0 Å². The lowest BCUT2D eigenvalue weighted by Gasteiger charge is -2.37. The molecule has 0 saturated carbocycles. The Balaban J connectivity index is 1.26. The van der Waals surface area contributed by atoms with E-state index in [4.69, 9.17) is 9.47 Å². The van der Waals surface area contributed by atoms with Crippen molar-refractivity contribution in [1.82, 2.24) is 20.3 Å². The fraction of sp³-hybridized carbons (Fsp3) is 0.407. The Morgan fingerprint density at radius 1 is 1.26 bits per heavy atom. The molecule has 11 heteroatoms. The lowest BCUT2D eigenvalue weighted by atomic mass is 9.94. The number of carbonyl (C=O) groups excluding carboxylic acids is 1. The van der Waals surface area contributed by atoms with Crippen molar-refractivity contribution in [3.8, 4) is 5.88 Å². The number of ether oxygens (including phenoxy) is 2. The largest absolute Gasteiger partial charge is 0.481 e. The topological polar surface area (TPSA) is 139 Å². The summed E-state index contributed by atoms with van der Waals surface area (Å²) in [7, 11) is 1.58. The molecule has 1 saturated heterocycles. The summed E-state index contributed by atoms with van der Waals surface area (Å²) < 4.78 is 11.7. The lowest BCUT2D eigenvalue weighted by Crippen LogP contribution is -2.48. The molecule has 4 N–H and O–H groups in total. The van der Waals surface area contributed by atoms with Gasteiger partial charge in [-0.2, -0.15) is 0 Å². The van der Waals surface area contributed by atoms with Gasteiger partial charge in [0.05, 0.1) is 59.4 Å². The molecule has 2 aliphatic rings. The van der Waals surface area contributed by atoms with Crippen LogP contribution >= 0.6 is 11.8 Å². The van der Waals surface area contributed by atoms with E-state index in [-0.39, 0.29) is 30.8 Å². The molecule has 5 heterocycles. The third-order valence-corrected chi connectivity index (χ3v) is 7.69. The van der Waals surface area contributed by atoms with E-state index in [0.29, 0.717) is 30.4 Å². The first-order valence-electron chi connectivity index (χ1n) is 12.6. The maximum atomic E-state index is 11.7. The molecule has 1 amide bonds. The second-order valence-corrected chi connectivity index (χ2v) is 10.3. The molecule has 200 valence electrons. The van der Waals surface area contributed by atoms with Gasteiger partial charge >= 0.3 is 0 Å². The van der Waals surface area contributed by atoms with Crippen LogP contribution in [0.25, 0.3) is 17.1 Å². The second-order valence-electron chi connectivity index (χ2n) is 9.32. The zero-order valence-electron chi connectivity index (χ0n) is 21.0. The van der Waals surface area contributed by atoms with Gasteiger partial charge in [-0.1, -0.05) is 12.2 Å². The van der Waals surface area contributed by atoms with Crippen molar-refractivity contribution < 1.29 is 24.5 Å². The summed E-state index contributed by atoms with van der Waals surface area (Å²) in [6.45, 7) is 0.165. The normalized spacial score (nSPS) is 22.3. The van der Waals surface area contributed by atoms with Crippen LogP contribution in [0, 0.1) is 0 Å². The fourth-order valence-corrected chi connectivity index (χ4v) is 5.44. The summed E-state index contributed by atoms with van der Waals surface area (Å²) in [5.41, 5.74) is 3.24. The van der Waals surface area contributed by atoms with Gasteiger partial charge in [-0.15, -0.1) is 11.8 Å². The number of pyridine rings is 3. The van der Waals surface area contributed by atoms with Gasteiger partial charge in [0.2, 0.25) is 11.8 Å². The fourth-order valence-electron chi connectivity index (χ4n) is 4.68. The van der Waals surface area contributed by atoms with Crippen LogP contribution in [0.4, 0.5) is 5.82 Å². The summed E-state index contributed by atoms with van der Waals surface area (Å²) in [6, 6.07) is 9.45. The summed E-state index contributed by atoms with van der Waals surface area (Å²) >= 11 is 1.48. The lowest BCUT2D eigenvalue weighted by molar-refractivity contribution is -0.113. The van der Waals surface area contributed by atoms with Crippen LogP contribution in [0.2, 0.25) is 0 Å². The molecule has 0 radical (unpaired) electrons. The number of carbonyl (C=O) groups is 1. The van der Waals surface area contributed by atoms with Gasteiger partial charge in [-0.05, 0) is 37.1 Å². The number of nitrogens with zero attached hydrogens (tertiary/aromatic N) is 3. The zero-order chi connectivity index (χ0) is 26.5. The number of amides is 1. The molecule has 5 rings (SSSR count). The number of aliphatic hydroxyl groups is 2. The van der Waals surface area contributed by atoms with Crippen LogP contribution in [0.3, 0.4) is 0 Å². The van der Waals surface area contributed by atoms with E-state index >= 15 is 0 Å². The van der Waals surface area contributed by atoms with E-state index in [2.05, 4.69) is 25.6 Å². The first-order chi connectivity index (χ1) is 18.5. The highest BCUT2D eigenvalue weighted by atomic mass is 32.2. The summed E-state index contributed by atoms with van der Waals surface area (Å²) in [6.07, 6.45) is 6.31. The van der Waals surface area contributed by atoms with Gasteiger partial charge in [0.15, 0.2) is 0 Å². The Morgan fingerprint density at radius 3 is 3.00 bits per heavy atom. The number of rotatable bonds is 9. The molecular formula is C27H31N5O5S. The molecule has 1 fully saturated rings. The Morgan fingerprint density at radius 2 is 2.16 bits per heavy atom. The minimum Gasteiger partial charge on any atom is -0.481 e. The molecule has 4 atom stereocenters. The maximum Gasteiger partial charge on any atom is 0.235 e. The molecule has 10 nitrogen and oxygen atoms in total. The van der Waals surface area contributed by atoms with E-state index in [1.54, 1.807) is 19.4 Å². The van der Waals surface area contributed by atoms with Gasteiger partial charge in [0, 0.05) is 36.8 Å². The predicted octanol–water partition coefficient (Wildman–Crippen LogP) is 2.54. The molecule has 2 aliphatic heterocycles. The van der Waals surface area contributed by atoms with Crippen molar-refractivity contribution in [2.24, 2.45) is 0 Å². The SMILES string of the molecule is COc1ccc2nccc(C=C[C@@H]3CC[C@@H](NCc4ccc5c(n4)NC(=O)CS5)[C@@H](CC(O)CO)O3)c2n1. The van der Waals surface area contributed by atoms with E-state index in [9.17, 15) is 15.0 Å². The summed E-state index contributed by atoms with van der Waals surface area (Å²) in [5.74, 6) is 1.47. The minimum atomic E-state index is -0.873. The first kappa shape index (κ1) is 26.5. The maximum absolute atomic E-state index is 11.7.